The van der Waals surface area contributed by atoms with Crippen LogP contribution >= 0.6 is 11.6 Å². The van der Waals surface area contributed by atoms with E-state index < -0.39 is 22.0 Å². The van der Waals surface area contributed by atoms with Crippen molar-refractivity contribution >= 4 is 27.5 Å². The molecule has 3 N–H and O–H groups in total. The number of primary amides is 1. The maximum atomic E-state index is 12.6. The first-order valence-electron chi connectivity index (χ1n) is 7.48. The molecule has 0 saturated heterocycles. The number of rotatable bonds is 5. The van der Waals surface area contributed by atoms with Crippen molar-refractivity contribution in [2.24, 2.45) is 5.73 Å². The predicted molar refractivity (Wildman–Crippen MR) is 88.9 cm³/mol. The standard InChI is InChI=1S/C15H17ClN4O3S/c16-11-5-1-2-7-13(11)24(22,23)19-12-6-3-4-10-8-20(9-14(17)21)18-15(10)12/h1-2,5,7-8,12,19H,3-4,6,9H2,(H2,17,21)/t12-/m0/s1. The van der Waals surface area contributed by atoms with Gasteiger partial charge in [0, 0.05) is 6.20 Å². The Bertz CT molecular complexity index is 879. The third-order valence-electron chi connectivity index (χ3n) is 3.88. The van der Waals surface area contributed by atoms with E-state index in [2.05, 4.69) is 9.82 Å². The van der Waals surface area contributed by atoms with Crippen molar-refractivity contribution in [3.63, 3.8) is 0 Å². The summed E-state index contributed by atoms with van der Waals surface area (Å²) in [6.07, 6.45) is 3.99. The van der Waals surface area contributed by atoms with Crippen LogP contribution in [0.1, 0.15) is 30.1 Å². The third-order valence-corrected chi connectivity index (χ3v) is 5.85. The highest BCUT2D eigenvalue weighted by Gasteiger charge is 2.29. The summed E-state index contributed by atoms with van der Waals surface area (Å²) in [5.74, 6) is -0.497. The number of nitrogens with two attached hydrogens (primary N) is 1. The average Bonchev–Trinajstić information content (AvgIpc) is 2.90. The summed E-state index contributed by atoms with van der Waals surface area (Å²) < 4.78 is 29.3. The second kappa shape index (κ2) is 6.54. The minimum absolute atomic E-state index is 0.0308. The summed E-state index contributed by atoms with van der Waals surface area (Å²) in [4.78, 5) is 11.1. The number of amides is 1. The van der Waals surface area contributed by atoms with Gasteiger partial charge in [-0.3, -0.25) is 9.48 Å². The lowest BCUT2D eigenvalue weighted by molar-refractivity contribution is -0.118. The van der Waals surface area contributed by atoms with Crippen molar-refractivity contribution in [3.05, 3.63) is 46.7 Å². The molecule has 3 rings (SSSR count). The van der Waals surface area contributed by atoms with Crippen molar-refractivity contribution in [1.82, 2.24) is 14.5 Å². The van der Waals surface area contributed by atoms with Crippen LogP contribution in [0.5, 0.6) is 0 Å². The molecule has 7 nitrogen and oxygen atoms in total. The van der Waals surface area contributed by atoms with Gasteiger partial charge in [-0.2, -0.15) is 5.10 Å². The number of benzene rings is 1. The van der Waals surface area contributed by atoms with Crippen LogP contribution in [0.4, 0.5) is 0 Å². The SMILES string of the molecule is NC(=O)Cn1cc2c(n1)[C@@H](NS(=O)(=O)c1ccccc1Cl)CCC2. The van der Waals surface area contributed by atoms with Gasteiger partial charge in [0.15, 0.2) is 0 Å². The second-order valence-electron chi connectivity index (χ2n) is 5.70. The Morgan fingerprint density at radius 1 is 1.42 bits per heavy atom. The minimum Gasteiger partial charge on any atom is -0.368 e. The third kappa shape index (κ3) is 3.45. The Balaban J connectivity index is 1.88. The quantitative estimate of drug-likeness (QED) is 0.831. The first-order chi connectivity index (χ1) is 11.4. The molecule has 0 saturated carbocycles. The number of hydrogen-bond donors (Lipinski definition) is 2. The molecule has 1 amide bonds. The van der Waals surface area contributed by atoms with Crippen molar-refractivity contribution in [2.75, 3.05) is 0 Å². The highest BCUT2D eigenvalue weighted by molar-refractivity contribution is 7.89. The molecule has 2 aromatic rings. The molecular weight excluding hydrogens is 352 g/mol. The van der Waals surface area contributed by atoms with Gasteiger partial charge in [0.05, 0.1) is 16.8 Å². The number of fused-ring (bicyclic) bond motifs is 1. The molecule has 1 aliphatic rings. The van der Waals surface area contributed by atoms with Gasteiger partial charge in [0.25, 0.3) is 0 Å². The number of sulfonamides is 1. The number of nitrogens with zero attached hydrogens (tertiary/aromatic N) is 2. The molecule has 128 valence electrons. The van der Waals surface area contributed by atoms with Crippen molar-refractivity contribution in [2.45, 2.75) is 36.7 Å². The van der Waals surface area contributed by atoms with Crippen molar-refractivity contribution in [1.29, 1.82) is 0 Å². The molecule has 0 unspecified atom stereocenters. The molecule has 1 atom stereocenters. The van der Waals surface area contributed by atoms with Crippen LogP contribution in [-0.4, -0.2) is 24.1 Å². The van der Waals surface area contributed by atoms with E-state index in [1.165, 1.54) is 16.8 Å². The fraction of sp³-hybridized carbons (Fsp3) is 0.333. The van der Waals surface area contributed by atoms with E-state index in [9.17, 15) is 13.2 Å². The summed E-state index contributed by atoms with van der Waals surface area (Å²) in [6.45, 7) is -0.0308. The Kier molecular flexibility index (Phi) is 4.62. The summed E-state index contributed by atoms with van der Waals surface area (Å²) in [7, 11) is -3.77. The number of carbonyl (C=O) groups excluding carboxylic acids is 1. The van der Waals surface area contributed by atoms with Crippen LogP contribution in [0.15, 0.2) is 35.4 Å². The summed E-state index contributed by atoms with van der Waals surface area (Å²) in [6, 6.07) is 5.83. The molecule has 0 radical (unpaired) electrons. The van der Waals surface area contributed by atoms with E-state index in [0.29, 0.717) is 12.1 Å². The van der Waals surface area contributed by atoms with E-state index in [1.54, 1.807) is 18.3 Å². The Labute approximate surface area is 144 Å². The molecule has 1 aromatic carbocycles. The van der Waals surface area contributed by atoms with E-state index in [1.807, 2.05) is 0 Å². The van der Waals surface area contributed by atoms with Crippen LogP contribution in [0.2, 0.25) is 5.02 Å². The zero-order valence-electron chi connectivity index (χ0n) is 12.8. The van der Waals surface area contributed by atoms with E-state index in [0.717, 1.165) is 18.4 Å². The largest absolute Gasteiger partial charge is 0.368 e. The number of nitrogens with one attached hydrogen (secondary N) is 1. The van der Waals surface area contributed by atoms with Crippen LogP contribution in [0, 0.1) is 0 Å². The van der Waals surface area contributed by atoms with Gasteiger partial charge in [-0.25, -0.2) is 13.1 Å². The highest BCUT2D eigenvalue weighted by atomic mass is 35.5. The number of aryl methyl sites for hydroxylation is 1. The normalized spacial score (nSPS) is 17.5. The molecule has 0 spiro atoms. The zero-order chi connectivity index (χ0) is 17.3. The van der Waals surface area contributed by atoms with Gasteiger partial charge in [-0.15, -0.1) is 0 Å². The lowest BCUT2D eigenvalue weighted by Gasteiger charge is -2.22. The zero-order valence-corrected chi connectivity index (χ0v) is 14.3. The number of carbonyl (C=O) groups is 1. The predicted octanol–water partition coefficient (Wildman–Crippen LogP) is 1.38. The van der Waals surface area contributed by atoms with Crippen LogP contribution in [-0.2, 0) is 27.8 Å². The molecule has 0 aliphatic heterocycles. The summed E-state index contributed by atoms with van der Waals surface area (Å²) >= 11 is 6.00. The highest BCUT2D eigenvalue weighted by Crippen LogP contribution is 2.31. The van der Waals surface area contributed by atoms with Gasteiger partial charge >= 0.3 is 0 Å². The lowest BCUT2D eigenvalue weighted by Crippen LogP contribution is -2.31. The Morgan fingerprint density at radius 3 is 2.88 bits per heavy atom. The minimum atomic E-state index is -3.77. The first kappa shape index (κ1) is 16.9. The van der Waals surface area contributed by atoms with Gasteiger partial charge in [-0.1, -0.05) is 23.7 Å². The fourth-order valence-electron chi connectivity index (χ4n) is 2.87. The van der Waals surface area contributed by atoms with E-state index in [4.69, 9.17) is 17.3 Å². The number of hydrogen-bond acceptors (Lipinski definition) is 4. The van der Waals surface area contributed by atoms with Crippen LogP contribution in [0.25, 0.3) is 0 Å². The van der Waals surface area contributed by atoms with E-state index >= 15 is 0 Å². The van der Waals surface area contributed by atoms with E-state index in [-0.39, 0.29) is 16.5 Å². The van der Waals surface area contributed by atoms with Crippen molar-refractivity contribution < 1.29 is 13.2 Å². The molecule has 9 heteroatoms. The van der Waals surface area contributed by atoms with Gasteiger partial charge in [0.2, 0.25) is 15.9 Å². The van der Waals surface area contributed by atoms with Gasteiger partial charge < -0.3 is 5.73 Å². The van der Waals surface area contributed by atoms with Gasteiger partial charge in [0.1, 0.15) is 11.4 Å². The van der Waals surface area contributed by atoms with Gasteiger partial charge in [-0.05, 0) is 37.0 Å². The Hall–Kier alpha value is -1.90. The summed E-state index contributed by atoms with van der Waals surface area (Å²) in [5.41, 5.74) is 6.75. The smallest absolute Gasteiger partial charge is 0.242 e. The molecular formula is C15H17ClN4O3S. The molecule has 24 heavy (non-hydrogen) atoms. The molecule has 0 fully saturated rings. The van der Waals surface area contributed by atoms with Crippen molar-refractivity contribution in [3.8, 4) is 0 Å². The van der Waals surface area contributed by atoms with Crippen LogP contribution < -0.4 is 10.5 Å². The molecule has 1 heterocycles. The molecule has 1 aliphatic carbocycles. The molecule has 1 aromatic heterocycles. The second-order valence-corrected chi connectivity index (χ2v) is 7.79. The monoisotopic (exact) mass is 368 g/mol. The first-order valence-corrected chi connectivity index (χ1v) is 9.34. The average molecular weight is 369 g/mol. The number of halogens is 1. The Morgan fingerprint density at radius 2 is 2.17 bits per heavy atom. The topological polar surface area (TPSA) is 107 Å². The maximum Gasteiger partial charge on any atom is 0.242 e. The summed E-state index contributed by atoms with van der Waals surface area (Å²) in [5, 5.41) is 4.50. The fourth-order valence-corrected chi connectivity index (χ4v) is 4.62. The maximum absolute atomic E-state index is 12.6. The number of aromatic nitrogens is 2. The van der Waals surface area contributed by atoms with Crippen LogP contribution in [0.3, 0.4) is 0 Å². The lowest BCUT2D eigenvalue weighted by atomic mass is 9.94. The molecule has 0 bridgehead atoms.